The first-order valence-electron chi connectivity index (χ1n) is 7.19. The van der Waals surface area contributed by atoms with Gasteiger partial charge in [0.1, 0.15) is 5.65 Å². The predicted molar refractivity (Wildman–Crippen MR) is 89.6 cm³/mol. The Hall–Kier alpha value is -3.08. The Morgan fingerprint density at radius 3 is 2.48 bits per heavy atom. The van der Waals surface area contributed by atoms with E-state index in [9.17, 15) is 4.79 Å². The number of hydrogen-bond donors (Lipinski definition) is 0. The van der Waals surface area contributed by atoms with E-state index in [0.29, 0.717) is 28.0 Å². The fraction of sp³-hybridized carbons (Fsp3) is 0.111. The lowest BCUT2D eigenvalue weighted by Gasteiger charge is -2.11. The molecular formula is C18H14N2O3. The fourth-order valence-electron chi connectivity index (χ4n) is 2.86. The molecule has 0 N–H and O–H groups in total. The second-order valence-electron chi connectivity index (χ2n) is 5.24. The van der Waals surface area contributed by atoms with Crippen LogP contribution in [0.25, 0.3) is 27.3 Å². The van der Waals surface area contributed by atoms with E-state index >= 15 is 0 Å². The number of pyridine rings is 1. The van der Waals surface area contributed by atoms with Gasteiger partial charge < -0.3 is 9.47 Å². The average Bonchev–Trinajstić information content (AvgIpc) is 2.60. The maximum Gasteiger partial charge on any atom is 0.265 e. The zero-order valence-corrected chi connectivity index (χ0v) is 12.7. The van der Waals surface area contributed by atoms with Crippen LogP contribution in [0.5, 0.6) is 11.5 Å². The fourth-order valence-corrected chi connectivity index (χ4v) is 2.86. The zero-order chi connectivity index (χ0) is 16.0. The van der Waals surface area contributed by atoms with Crippen LogP contribution in [0.3, 0.4) is 0 Å². The molecule has 2 heterocycles. The van der Waals surface area contributed by atoms with Crippen molar-refractivity contribution in [1.82, 2.24) is 9.38 Å². The largest absolute Gasteiger partial charge is 0.493 e. The van der Waals surface area contributed by atoms with E-state index in [2.05, 4.69) is 4.98 Å². The quantitative estimate of drug-likeness (QED) is 0.422. The minimum absolute atomic E-state index is 0.0812. The number of hydrogen-bond acceptors (Lipinski definition) is 4. The number of methoxy groups -OCH3 is 2. The molecular weight excluding hydrogens is 292 g/mol. The highest BCUT2D eigenvalue weighted by atomic mass is 16.5. The summed E-state index contributed by atoms with van der Waals surface area (Å²) in [6.45, 7) is 0. The Morgan fingerprint density at radius 1 is 0.957 bits per heavy atom. The SMILES string of the molecule is COc1cc2ccn3c(=O)c4ccccc4nc3c2cc1OC. The first kappa shape index (κ1) is 13.6. The summed E-state index contributed by atoms with van der Waals surface area (Å²) in [6, 6.07) is 13.0. The van der Waals surface area contributed by atoms with Gasteiger partial charge in [-0.3, -0.25) is 9.20 Å². The van der Waals surface area contributed by atoms with E-state index in [1.54, 1.807) is 30.9 Å². The van der Waals surface area contributed by atoms with Gasteiger partial charge >= 0.3 is 0 Å². The van der Waals surface area contributed by atoms with Gasteiger partial charge in [0.2, 0.25) is 0 Å². The molecule has 0 fully saturated rings. The molecule has 0 saturated heterocycles. The Labute approximate surface area is 131 Å². The van der Waals surface area contributed by atoms with Crippen molar-refractivity contribution in [3.8, 4) is 11.5 Å². The Morgan fingerprint density at radius 2 is 1.70 bits per heavy atom. The molecule has 0 saturated carbocycles. The van der Waals surface area contributed by atoms with E-state index in [-0.39, 0.29) is 5.56 Å². The van der Waals surface area contributed by atoms with Crippen LogP contribution in [0.4, 0.5) is 0 Å². The van der Waals surface area contributed by atoms with Crippen molar-refractivity contribution in [1.29, 1.82) is 0 Å². The molecule has 0 unspecified atom stereocenters. The van der Waals surface area contributed by atoms with E-state index in [1.807, 2.05) is 36.4 Å². The summed E-state index contributed by atoms with van der Waals surface area (Å²) in [5.74, 6) is 1.25. The van der Waals surface area contributed by atoms with Crippen LogP contribution < -0.4 is 15.0 Å². The number of fused-ring (bicyclic) bond motifs is 4. The van der Waals surface area contributed by atoms with Gasteiger partial charge in [0.15, 0.2) is 11.5 Å². The zero-order valence-electron chi connectivity index (χ0n) is 12.7. The van der Waals surface area contributed by atoms with Crippen molar-refractivity contribution in [3.63, 3.8) is 0 Å². The van der Waals surface area contributed by atoms with Gasteiger partial charge in [-0.25, -0.2) is 4.98 Å². The Bertz CT molecular complexity index is 1120. The predicted octanol–water partition coefficient (Wildman–Crippen LogP) is 3.02. The lowest BCUT2D eigenvalue weighted by atomic mass is 10.1. The summed E-state index contributed by atoms with van der Waals surface area (Å²) in [4.78, 5) is 17.3. The van der Waals surface area contributed by atoms with Crippen molar-refractivity contribution < 1.29 is 9.47 Å². The van der Waals surface area contributed by atoms with Crippen LogP contribution >= 0.6 is 0 Å². The van der Waals surface area contributed by atoms with Crippen molar-refractivity contribution in [3.05, 3.63) is 59.0 Å². The number of aromatic nitrogens is 2. The van der Waals surface area contributed by atoms with E-state index in [0.717, 1.165) is 10.8 Å². The highest BCUT2D eigenvalue weighted by molar-refractivity contribution is 5.97. The Balaban J connectivity index is 2.21. The van der Waals surface area contributed by atoms with Crippen molar-refractivity contribution in [2.24, 2.45) is 0 Å². The molecule has 0 atom stereocenters. The van der Waals surface area contributed by atoms with Crippen molar-refractivity contribution in [2.75, 3.05) is 14.2 Å². The second-order valence-corrected chi connectivity index (χ2v) is 5.24. The lowest BCUT2D eigenvalue weighted by molar-refractivity contribution is 0.356. The van der Waals surface area contributed by atoms with Gasteiger partial charge in [-0.1, -0.05) is 12.1 Å². The molecule has 4 rings (SSSR count). The third-order valence-electron chi connectivity index (χ3n) is 4.01. The lowest BCUT2D eigenvalue weighted by Crippen LogP contribution is -2.15. The molecule has 23 heavy (non-hydrogen) atoms. The van der Waals surface area contributed by atoms with E-state index < -0.39 is 0 Å². The second kappa shape index (κ2) is 4.98. The average molecular weight is 306 g/mol. The van der Waals surface area contributed by atoms with Gasteiger partial charge in [-0.05, 0) is 35.7 Å². The summed E-state index contributed by atoms with van der Waals surface area (Å²) in [6.07, 6.45) is 1.74. The molecule has 0 aliphatic rings. The maximum atomic E-state index is 12.7. The molecule has 4 aromatic rings. The van der Waals surface area contributed by atoms with Crippen LogP contribution in [0.15, 0.2) is 53.5 Å². The van der Waals surface area contributed by atoms with Gasteiger partial charge in [0.25, 0.3) is 5.56 Å². The molecule has 2 aromatic carbocycles. The first-order valence-corrected chi connectivity index (χ1v) is 7.19. The molecule has 0 bridgehead atoms. The van der Waals surface area contributed by atoms with Crippen LogP contribution in [0.2, 0.25) is 0 Å². The molecule has 0 aliphatic heterocycles. The highest BCUT2D eigenvalue weighted by Gasteiger charge is 2.12. The summed E-state index contributed by atoms with van der Waals surface area (Å²) >= 11 is 0. The highest BCUT2D eigenvalue weighted by Crippen LogP contribution is 2.33. The summed E-state index contributed by atoms with van der Waals surface area (Å²) in [7, 11) is 3.19. The van der Waals surface area contributed by atoms with Gasteiger partial charge in [0, 0.05) is 11.6 Å². The number of ether oxygens (including phenoxy) is 2. The topological polar surface area (TPSA) is 52.8 Å². The van der Waals surface area contributed by atoms with Crippen LogP contribution in [-0.4, -0.2) is 23.6 Å². The molecule has 0 amide bonds. The number of para-hydroxylation sites is 1. The van der Waals surface area contributed by atoms with Gasteiger partial charge in [-0.2, -0.15) is 0 Å². The maximum absolute atomic E-state index is 12.7. The molecule has 5 nitrogen and oxygen atoms in total. The van der Waals surface area contributed by atoms with Crippen molar-refractivity contribution >= 4 is 27.3 Å². The molecule has 0 aliphatic carbocycles. The minimum atomic E-state index is -0.0812. The van der Waals surface area contributed by atoms with Gasteiger partial charge in [-0.15, -0.1) is 0 Å². The molecule has 0 radical (unpaired) electrons. The third-order valence-corrected chi connectivity index (χ3v) is 4.01. The number of benzene rings is 2. The smallest absolute Gasteiger partial charge is 0.265 e. The monoisotopic (exact) mass is 306 g/mol. The first-order chi connectivity index (χ1) is 11.2. The standard InChI is InChI=1S/C18H14N2O3/c1-22-15-9-11-7-8-20-17(13(11)10-16(15)23-2)19-14-6-4-3-5-12(14)18(20)21/h3-10H,1-2H3. The Kier molecular flexibility index (Phi) is 2.94. The molecule has 0 spiro atoms. The van der Waals surface area contributed by atoms with Crippen LogP contribution in [0.1, 0.15) is 0 Å². The minimum Gasteiger partial charge on any atom is -0.493 e. The number of rotatable bonds is 2. The third kappa shape index (κ3) is 1.93. The summed E-state index contributed by atoms with van der Waals surface area (Å²) in [5, 5.41) is 2.38. The van der Waals surface area contributed by atoms with Crippen molar-refractivity contribution in [2.45, 2.75) is 0 Å². The van der Waals surface area contributed by atoms with Crippen LogP contribution in [-0.2, 0) is 0 Å². The van der Waals surface area contributed by atoms with Gasteiger partial charge in [0.05, 0.1) is 25.1 Å². The molecule has 114 valence electrons. The van der Waals surface area contributed by atoms with E-state index in [1.165, 1.54) is 0 Å². The summed E-state index contributed by atoms with van der Waals surface area (Å²) in [5.41, 5.74) is 1.20. The molecule has 2 aromatic heterocycles. The molecule has 5 heteroatoms. The summed E-state index contributed by atoms with van der Waals surface area (Å²) < 4.78 is 12.3. The van der Waals surface area contributed by atoms with Crippen LogP contribution in [0, 0.1) is 0 Å². The normalized spacial score (nSPS) is 11.2. The number of nitrogens with zero attached hydrogens (tertiary/aromatic N) is 2. The van der Waals surface area contributed by atoms with E-state index in [4.69, 9.17) is 9.47 Å².